The van der Waals surface area contributed by atoms with E-state index in [-0.39, 0.29) is 32.7 Å². The van der Waals surface area contributed by atoms with Crippen LogP contribution in [0.15, 0.2) is 68.6 Å². The van der Waals surface area contributed by atoms with Gasteiger partial charge in [-0.3, -0.25) is 4.55 Å². The van der Waals surface area contributed by atoms with Crippen molar-refractivity contribution in [3.8, 4) is 5.75 Å². The SMILES string of the molecule is CCCCCCCCCCNS(=O)(=O)c1ccccc1N=Nc1c(N)ccc2cc(S(=O)(=O)O)cc(O)c12. The van der Waals surface area contributed by atoms with Gasteiger partial charge in [-0.1, -0.05) is 70.1 Å². The molecule has 0 spiro atoms. The normalized spacial score (nSPS) is 12.5. The van der Waals surface area contributed by atoms with Crippen LogP contribution in [-0.4, -0.2) is 33.0 Å². The van der Waals surface area contributed by atoms with E-state index in [4.69, 9.17) is 5.73 Å². The van der Waals surface area contributed by atoms with Crippen LogP contribution in [0.2, 0.25) is 0 Å². The third kappa shape index (κ3) is 7.73. The second kappa shape index (κ2) is 13.1. The molecule has 0 bridgehead atoms. The number of unbranched alkanes of at least 4 members (excludes halogenated alkanes) is 7. The molecule has 3 rings (SSSR count). The van der Waals surface area contributed by atoms with Crippen molar-refractivity contribution in [3.63, 3.8) is 0 Å². The zero-order valence-electron chi connectivity index (χ0n) is 21.3. The molecule has 0 saturated heterocycles. The molecule has 0 atom stereocenters. The van der Waals surface area contributed by atoms with Crippen LogP contribution in [0.5, 0.6) is 5.75 Å². The molecule has 3 aromatic carbocycles. The summed E-state index contributed by atoms with van der Waals surface area (Å²) in [5, 5.41) is 19.1. The van der Waals surface area contributed by atoms with Crippen molar-refractivity contribution >= 4 is 48.0 Å². The molecule has 12 heteroatoms. The molecule has 3 aromatic rings. The van der Waals surface area contributed by atoms with Crippen molar-refractivity contribution in [1.29, 1.82) is 0 Å². The Kier molecular flexibility index (Phi) is 10.2. The number of aromatic hydroxyl groups is 1. The van der Waals surface area contributed by atoms with Gasteiger partial charge in [0.2, 0.25) is 10.0 Å². The van der Waals surface area contributed by atoms with Crippen LogP contribution < -0.4 is 10.5 Å². The Morgan fingerprint density at radius 3 is 2.21 bits per heavy atom. The number of phenols is 1. The predicted octanol–water partition coefficient (Wildman–Crippen LogP) is 6.21. The highest BCUT2D eigenvalue weighted by Crippen LogP contribution is 2.40. The van der Waals surface area contributed by atoms with Crippen LogP contribution >= 0.6 is 0 Å². The first-order valence-corrected chi connectivity index (χ1v) is 15.5. The molecular formula is C26H34N4O6S2. The van der Waals surface area contributed by atoms with Crippen LogP contribution in [0, 0.1) is 0 Å². The maximum absolute atomic E-state index is 13.0. The van der Waals surface area contributed by atoms with E-state index in [2.05, 4.69) is 21.9 Å². The van der Waals surface area contributed by atoms with Gasteiger partial charge in [0.25, 0.3) is 10.1 Å². The van der Waals surface area contributed by atoms with Gasteiger partial charge in [0.1, 0.15) is 22.0 Å². The highest BCUT2D eigenvalue weighted by atomic mass is 32.2. The van der Waals surface area contributed by atoms with Gasteiger partial charge in [-0.15, -0.1) is 10.2 Å². The third-order valence-electron chi connectivity index (χ3n) is 6.11. The molecular weight excluding hydrogens is 528 g/mol. The molecule has 38 heavy (non-hydrogen) atoms. The zero-order chi connectivity index (χ0) is 27.8. The largest absolute Gasteiger partial charge is 0.507 e. The summed E-state index contributed by atoms with van der Waals surface area (Å²) in [5.41, 5.74) is 6.27. The van der Waals surface area contributed by atoms with E-state index < -0.39 is 30.8 Å². The van der Waals surface area contributed by atoms with Gasteiger partial charge >= 0.3 is 0 Å². The molecule has 0 unspecified atom stereocenters. The first-order valence-electron chi connectivity index (χ1n) is 12.6. The molecule has 0 fully saturated rings. The molecule has 5 N–H and O–H groups in total. The van der Waals surface area contributed by atoms with Crippen molar-refractivity contribution in [3.05, 3.63) is 48.5 Å². The summed E-state index contributed by atoms with van der Waals surface area (Å²) in [6.45, 7) is 2.49. The maximum atomic E-state index is 13.0. The number of rotatable bonds is 14. The molecule has 0 aliphatic rings. The lowest BCUT2D eigenvalue weighted by atomic mass is 10.1. The molecule has 0 amide bonds. The Labute approximate surface area is 223 Å². The number of fused-ring (bicyclic) bond motifs is 1. The number of sulfonamides is 1. The molecule has 206 valence electrons. The smallest absolute Gasteiger partial charge is 0.294 e. The lowest BCUT2D eigenvalue weighted by Crippen LogP contribution is -2.24. The van der Waals surface area contributed by atoms with Gasteiger partial charge in [-0.25, -0.2) is 13.1 Å². The average molecular weight is 563 g/mol. The zero-order valence-corrected chi connectivity index (χ0v) is 22.9. The number of nitrogens with two attached hydrogens (primary N) is 1. The Morgan fingerprint density at radius 2 is 1.53 bits per heavy atom. The Morgan fingerprint density at radius 1 is 0.868 bits per heavy atom. The molecule has 0 saturated carbocycles. The summed E-state index contributed by atoms with van der Waals surface area (Å²) in [4.78, 5) is -0.547. The Bertz CT molecular complexity index is 1510. The summed E-state index contributed by atoms with van der Waals surface area (Å²) in [5.74, 6) is -0.482. The maximum Gasteiger partial charge on any atom is 0.294 e. The summed E-state index contributed by atoms with van der Waals surface area (Å²) in [7, 11) is -8.42. The number of benzene rings is 3. The van der Waals surface area contributed by atoms with Crippen LogP contribution in [0.3, 0.4) is 0 Å². The summed E-state index contributed by atoms with van der Waals surface area (Å²) in [6.07, 6.45) is 8.80. The van der Waals surface area contributed by atoms with Crippen molar-refractivity contribution in [2.75, 3.05) is 12.3 Å². The van der Waals surface area contributed by atoms with Gasteiger partial charge in [0, 0.05) is 12.6 Å². The minimum Gasteiger partial charge on any atom is -0.507 e. The second-order valence-electron chi connectivity index (χ2n) is 9.06. The molecule has 0 heterocycles. The molecule has 0 radical (unpaired) electrons. The summed E-state index contributed by atoms with van der Waals surface area (Å²) < 4.78 is 60.9. The number of hydrogen-bond donors (Lipinski definition) is 4. The fourth-order valence-corrected chi connectivity index (χ4v) is 5.83. The van der Waals surface area contributed by atoms with Crippen molar-refractivity contribution < 1.29 is 26.5 Å². The minimum absolute atomic E-state index is 0.0287. The number of nitrogens with zero attached hydrogens (tertiary/aromatic N) is 2. The van der Waals surface area contributed by atoms with E-state index in [1.165, 1.54) is 49.9 Å². The monoisotopic (exact) mass is 562 g/mol. The third-order valence-corrected chi connectivity index (χ3v) is 8.45. The lowest BCUT2D eigenvalue weighted by Gasteiger charge is -2.10. The van der Waals surface area contributed by atoms with Gasteiger partial charge in [0.15, 0.2) is 0 Å². The van der Waals surface area contributed by atoms with E-state index in [9.17, 15) is 26.5 Å². The Balaban J connectivity index is 1.78. The molecule has 10 nitrogen and oxygen atoms in total. The number of nitrogen functional groups attached to an aromatic ring is 1. The van der Waals surface area contributed by atoms with Gasteiger partial charge in [0.05, 0.1) is 16.0 Å². The van der Waals surface area contributed by atoms with E-state index >= 15 is 0 Å². The quantitative estimate of drug-likeness (QED) is 0.0782. The standard InChI is InChI=1S/C26H34N4O6S2/c1-2-3-4-5-6-7-8-11-16-28-37(32,33)24-13-10-9-12-22(24)29-30-26-21(27)15-14-19-17-20(38(34,35)36)18-23(31)25(19)26/h9-10,12-15,17-18,28,31H,2-8,11,16,27H2,1H3,(H,34,35,36). The second-order valence-corrected chi connectivity index (χ2v) is 12.2. The number of azo groups is 1. The first-order chi connectivity index (χ1) is 18.0. The number of anilines is 1. The number of nitrogens with one attached hydrogen (secondary N) is 1. The summed E-state index contributed by atoms with van der Waals surface area (Å²) >= 11 is 0. The molecule has 0 aliphatic carbocycles. The Hall–Kier alpha value is -3.06. The molecule has 0 aromatic heterocycles. The van der Waals surface area contributed by atoms with Crippen LogP contribution in [0.25, 0.3) is 10.8 Å². The van der Waals surface area contributed by atoms with E-state index in [1.807, 2.05) is 0 Å². The van der Waals surface area contributed by atoms with Gasteiger partial charge < -0.3 is 10.8 Å². The predicted molar refractivity (Wildman–Crippen MR) is 148 cm³/mol. The van der Waals surface area contributed by atoms with Crippen molar-refractivity contribution in [2.24, 2.45) is 10.2 Å². The lowest BCUT2D eigenvalue weighted by molar-refractivity contribution is 0.471. The van der Waals surface area contributed by atoms with E-state index in [0.717, 1.165) is 37.8 Å². The topological polar surface area (TPSA) is 172 Å². The van der Waals surface area contributed by atoms with Gasteiger partial charge in [-0.2, -0.15) is 8.42 Å². The van der Waals surface area contributed by atoms with E-state index in [1.54, 1.807) is 12.1 Å². The number of phenolic OH excluding ortho intramolecular Hbond substituents is 1. The van der Waals surface area contributed by atoms with Crippen LogP contribution in [0.4, 0.5) is 17.1 Å². The van der Waals surface area contributed by atoms with Gasteiger partial charge in [-0.05, 0) is 36.1 Å². The average Bonchev–Trinajstić information content (AvgIpc) is 2.86. The fraction of sp³-hybridized carbons (Fsp3) is 0.385. The van der Waals surface area contributed by atoms with E-state index in [0.29, 0.717) is 6.54 Å². The highest BCUT2D eigenvalue weighted by molar-refractivity contribution is 7.89. The fourth-order valence-electron chi connectivity index (χ4n) is 4.08. The minimum atomic E-state index is -4.55. The first kappa shape index (κ1) is 29.5. The van der Waals surface area contributed by atoms with Crippen LogP contribution in [0.1, 0.15) is 58.3 Å². The van der Waals surface area contributed by atoms with Crippen molar-refractivity contribution in [2.45, 2.75) is 68.1 Å². The highest BCUT2D eigenvalue weighted by Gasteiger charge is 2.19. The number of hydrogen-bond acceptors (Lipinski definition) is 8. The van der Waals surface area contributed by atoms with Crippen molar-refractivity contribution in [1.82, 2.24) is 4.72 Å². The summed E-state index contributed by atoms with van der Waals surface area (Å²) in [6, 6.07) is 11.1. The molecule has 0 aliphatic heterocycles. The van der Waals surface area contributed by atoms with Crippen LogP contribution in [-0.2, 0) is 20.1 Å².